The van der Waals surface area contributed by atoms with Crippen LogP contribution in [0.25, 0.3) is 5.95 Å². The number of aromatic nitrogens is 5. The van der Waals surface area contributed by atoms with Crippen LogP contribution in [0.1, 0.15) is 6.92 Å². The van der Waals surface area contributed by atoms with Crippen LogP contribution >= 0.6 is 23.4 Å². The van der Waals surface area contributed by atoms with E-state index in [-0.39, 0.29) is 5.28 Å². The van der Waals surface area contributed by atoms with Crippen LogP contribution in [-0.4, -0.2) is 48.8 Å². The molecule has 0 saturated carbocycles. The van der Waals surface area contributed by atoms with E-state index in [2.05, 4.69) is 31.9 Å². The summed E-state index contributed by atoms with van der Waals surface area (Å²) in [4.78, 5) is 14.9. The summed E-state index contributed by atoms with van der Waals surface area (Å²) < 4.78 is 1.58. The third-order valence-corrected chi connectivity index (χ3v) is 4.12. The molecule has 1 fully saturated rings. The first kappa shape index (κ1) is 12.7. The van der Waals surface area contributed by atoms with Crippen LogP contribution in [-0.2, 0) is 0 Å². The highest BCUT2D eigenvalue weighted by Crippen LogP contribution is 2.22. The van der Waals surface area contributed by atoms with Crippen molar-refractivity contribution in [3.05, 3.63) is 23.7 Å². The topological polar surface area (TPSA) is 59.7 Å². The van der Waals surface area contributed by atoms with Crippen molar-refractivity contribution in [2.45, 2.75) is 12.2 Å². The largest absolute Gasteiger partial charge is 0.339 e. The van der Waals surface area contributed by atoms with Crippen molar-refractivity contribution in [3.63, 3.8) is 0 Å². The Hall–Kier alpha value is -1.34. The van der Waals surface area contributed by atoms with Crippen molar-refractivity contribution in [2.75, 3.05) is 23.7 Å². The van der Waals surface area contributed by atoms with Gasteiger partial charge in [0.05, 0.1) is 0 Å². The van der Waals surface area contributed by atoms with Crippen molar-refractivity contribution in [1.82, 2.24) is 24.7 Å². The van der Waals surface area contributed by atoms with Gasteiger partial charge in [0.25, 0.3) is 5.95 Å². The second-order valence-electron chi connectivity index (χ2n) is 4.28. The normalized spacial score (nSPS) is 19.7. The Morgan fingerprint density at radius 1 is 1.32 bits per heavy atom. The molecule has 1 atom stereocenters. The molecule has 0 aromatic carbocycles. The predicted molar refractivity (Wildman–Crippen MR) is 76.1 cm³/mol. The number of halogens is 1. The van der Waals surface area contributed by atoms with E-state index in [0.29, 0.717) is 17.1 Å². The summed E-state index contributed by atoms with van der Waals surface area (Å²) in [6.45, 7) is 4.05. The predicted octanol–water partition coefficient (Wildman–Crippen LogP) is 1.65. The number of thioether (sulfide) groups is 1. The fourth-order valence-corrected chi connectivity index (χ4v) is 3.13. The highest BCUT2D eigenvalue weighted by atomic mass is 35.5. The summed E-state index contributed by atoms with van der Waals surface area (Å²) in [6, 6.07) is 1.82. The van der Waals surface area contributed by atoms with Gasteiger partial charge >= 0.3 is 0 Å². The number of hydrogen-bond donors (Lipinski definition) is 0. The quantitative estimate of drug-likeness (QED) is 0.840. The van der Waals surface area contributed by atoms with Crippen molar-refractivity contribution >= 4 is 29.3 Å². The first-order chi connectivity index (χ1) is 9.22. The van der Waals surface area contributed by atoms with Crippen LogP contribution < -0.4 is 4.90 Å². The van der Waals surface area contributed by atoms with Crippen LogP contribution in [0.4, 0.5) is 5.95 Å². The lowest BCUT2D eigenvalue weighted by Gasteiger charge is -2.30. The third kappa shape index (κ3) is 2.82. The molecule has 0 amide bonds. The van der Waals surface area contributed by atoms with Gasteiger partial charge in [-0.25, -0.2) is 4.68 Å². The van der Waals surface area contributed by atoms with Crippen LogP contribution in [0.2, 0.25) is 5.28 Å². The van der Waals surface area contributed by atoms with Crippen LogP contribution in [0.15, 0.2) is 18.5 Å². The van der Waals surface area contributed by atoms with Gasteiger partial charge < -0.3 is 4.90 Å². The van der Waals surface area contributed by atoms with E-state index in [1.807, 2.05) is 17.8 Å². The highest BCUT2D eigenvalue weighted by Gasteiger charge is 2.20. The summed E-state index contributed by atoms with van der Waals surface area (Å²) >= 11 is 7.95. The van der Waals surface area contributed by atoms with E-state index in [9.17, 15) is 0 Å². The number of anilines is 1. The number of nitrogens with zero attached hydrogens (tertiary/aromatic N) is 6. The van der Waals surface area contributed by atoms with Crippen molar-refractivity contribution in [1.29, 1.82) is 0 Å². The Balaban J connectivity index is 1.93. The van der Waals surface area contributed by atoms with Gasteiger partial charge in [0, 0.05) is 36.5 Å². The maximum Gasteiger partial charge on any atom is 0.256 e. The van der Waals surface area contributed by atoms with Gasteiger partial charge in [0.2, 0.25) is 11.2 Å². The molecule has 0 bridgehead atoms. The summed E-state index contributed by atoms with van der Waals surface area (Å²) in [6.07, 6.45) is 3.46. The van der Waals surface area contributed by atoms with E-state index in [4.69, 9.17) is 11.6 Å². The highest BCUT2D eigenvalue weighted by molar-refractivity contribution is 8.00. The second kappa shape index (κ2) is 5.34. The molecule has 1 aliphatic heterocycles. The van der Waals surface area contributed by atoms with Gasteiger partial charge in [-0.2, -0.15) is 31.8 Å². The molecule has 0 N–H and O–H groups in total. The van der Waals surface area contributed by atoms with Gasteiger partial charge in [-0.1, -0.05) is 6.92 Å². The molecule has 1 unspecified atom stereocenters. The number of rotatable bonds is 2. The summed E-state index contributed by atoms with van der Waals surface area (Å²) in [5, 5.41) is 4.87. The molecule has 0 aliphatic carbocycles. The maximum atomic E-state index is 5.99. The summed E-state index contributed by atoms with van der Waals surface area (Å²) in [7, 11) is 0. The van der Waals surface area contributed by atoms with Gasteiger partial charge in [-0.05, 0) is 17.7 Å². The molecular formula is C11H13ClN6S. The molecule has 3 heterocycles. The van der Waals surface area contributed by atoms with Gasteiger partial charge in [0.15, 0.2) is 0 Å². The SMILES string of the molecule is CC1CN(c2nc(Cl)nc(-n3cccn3)n2)CCS1. The van der Waals surface area contributed by atoms with E-state index in [1.54, 1.807) is 17.1 Å². The Kier molecular flexibility index (Phi) is 3.56. The lowest BCUT2D eigenvalue weighted by atomic mass is 10.4. The Morgan fingerprint density at radius 2 is 2.16 bits per heavy atom. The molecule has 100 valence electrons. The molecule has 0 radical (unpaired) electrons. The fraction of sp³-hybridized carbons (Fsp3) is 0.455. The summed E-state index contributed by atoms with van der Waals surface area (Å²) in [5.41, 5.74) is 0. The second-order valence-corrected chi connectivity index (χ2v) is 6.17. The third-order valence-electron chi connectivity index (χ3n) is 2.82. The zero-order valence-corrected chi connectivity index (χ0v) is 12.0. The molecule has 1 saturated heterocycles. The smallest absolute Gasteiger partial charge is 0.256 e. The summed E-state index contributed by atoms with van der Waals surface area (Å²) in [5.74, 6) is 2.14. The lowest BCUT2D eigenvalue weighted by molar-refractivity contribution is 0.729. The van der Waals surface area contributed by atoms with E-state index >= 15 is 0 Å². The molecule has 8 heteroatoms. The first-order valence-corrected chi connectivity index (χ1v) is 7.43. The zero-order valence-electron chi connectivity index (χ0n) is 10.4. The molecular weight excluding hydrogens is 284 g/mol. The van der Waals surface area contributed by atoms with Crippen molar-refractivity contribution < 1.29 is 0 Å². The van der Waals surface area contributed by atoms with Gasteiger partial charge in [-0.15, -0.1) is 0 Å². The van der Waals surface area contributed by atoms with E-state index in [0.717, 1.165) is 18.8 Å². The van der Waals surface area contributed by atoms with Crippen molar-refractivity contribution in [2.24, 2.45) is 0 Å². The Bertz CT molecular complexity index is 560. The molecule has 3 rings (SSSR count). The molecule has 19 heavy (non-hydrogen) atoms. The standard InChI is InChI=1S/C11H13ClN6S/c1-8-7-17(5-6-19-8)10-14-9(12)15-11(16-10)18-4-2-3-13-18/h2-4,8H,5-7H2,1H3. The minimum atomic E-state index is 0.196. The Labute approximate surface area is 120 Å². The fourth-order valence-electron chi connectivity index (χ4n) is 1.96. The van der Waals surface area contributed by atoms with E-state index < -0.39 is 0 Å². The van der Waals surface area contributed by atoms with Gasteiger partial charge in [-0.3, -0.25) is 0 Å². The average molecular weight is 297 g/mol. The average Bonchev–Trinajstić information content (AvgIpc) is 2.92. The first-order valence-electron chi connectivity index (χ1n) is 6.00. The maximum absolute atomic E-state index is 5.99. The van der Waals surface area contributed by atoms with Crippen LogP contribution in [0.3, 0.4) is 0 Å². The molecule has 1 aliphatic rings. The minimum Gasteiger partial charge on any atom is -0.339 e. The molecule has 6 nitrogen and oxygen atoms in total. The van der Waals surface area contributed by atoms with Crippen LogP contribution in [0, 0.1) is 0 Å². The lowest BCUT2D eigenvalue weighted by Crippen LogP contribution is -2.38. The monoisotopic (exact) mass is 296 g/mol. The van der Waals surface area contributed by atoms with Crippen LogP contribution in [0.5, 0.6) is 0 Å². The van der Waals surface area contributed by atoms with Gasteiger partial charge in [0.1, 0.15) is 0 Å². The Morgan fingerprint density at radius 3 is 2.89 bits per heavy atom. The molecule has 2 aromatic rings. The molecule has 0 spiro atoms. The molecule has 2 aromatic heterocycles. The van der Waals surface area contributed by atoms with Crippen molar-refractivity contribution in [3.8, 4) is 5.95 Å². The number of hydrogen-bond acceptors (Lipinski definition) is 6. The minimum absolute atomic E-state index is 0.196. The van der Waals surface area contributed by atoms with E-state index in [1.165, 1.54) is 0 Å². The zero-order chi connectivity index (χ0) is 13.2.